The zero-order chi connectivity index (χ0) is 81.1. The lowest BCUT2D eigenvalue weighted by Crippen LogP contribution is -2.53. The molecule has 108 heavy (non-hydrogen) atoms. The molecule has 0 aromatic heterocycles. The van der Waals surface area contributed by atoms with Gasteiger partial charge in [0, 0.05) is 61.4 Å². The Balaban J connectivity index is 0.000000188. The first kappa shape index (κ1) is 90.9. The molecule has 20 atom stereocenters. The van der Waals surface area contributed by atoms with Crippen LogP contribution in [-0.4, -0.2) is 344 Å². The van der Waals surface area contributed by atoms with E-state index >= 15 is 0 Å². The summed E-state index contributed by atoms with van der Waals surface area (Å²) in [7, 11) is 0. The first-order chi connectivity index (χ1) is 49.6. The van der Waals surface area contributed by atoms with Gasteiger partial charge in [0.05, 0.1) is 40.5 Å². The number of nitrogens with one attached hydrogen (secondary N) is 5. The van der Waals surface area contributed by atoms with E-state index in [0.29, 0.717) is 48.6 Å². The Labute approximate surface area is 656 Å². The standard InChI is InChI=1S/C15H23N2O4P.2C15H25N2O4P.C14H22ClN2O3P.C14H22IN2O3P/c1-10-16-11(18)5-7-17(10)14-12-13(19)15(21-14,9-20-12)6-8-22(2,3)4;1-10-16-12(18)6-8-17(10)14-15(2,20)13(19)11(21-14)7-9-22(3,4)5;1-10-16-11(18)6-8-17(10)14-12(19)13(20)15(2,21-14)7-9-22(3,4)5;2*1-9-16-11(18)5-7-17(9)14-12(15)13(19)10(20-14)6-8-21(2,3)4/h5,7,12-14,19H,1-2,6,8-9H2,3-4H3,(H,16,18);6,8,11,13-14,19-20H,1,3,7,9H2,2,4-5H3,(H,16,18);6,8,12-14,19-20H,1,3,7,9H2,2,4-5H3,(H,16,18);2*5,7,10,12-14,19H,1-2,6,8H2,3-4H3,(H,16,18)/t12-,13+,14?,15+;11-,13-,14?,15+;12-,13+,14?,15-;2*10-,12-,13-,14?/m11111/s1. The van der Waals surface area contributed by atoms with Gasteiger partial charge in [-0.2, -0.15) is 0 Å². The molecular weight excluding hydrogens is 1620 g/mol. The van der Waals surface area contributed by atoms with Crippen LogP contribution in [0.15, 0.2) is 123 Å². The highest BCUT2D eigenvalue weighted by molar-refractivity contribution is 14.1. The minimum absolute atomic E-state index is 0.0877. The summed E-state index contributed by atoms with van der Waals surface area (Å²) in [5.41, 5.74) is -3.00. The molecule has 0 aromatic rings. The highest BCUT2D eigenvalue weighted by atomic mass is 127. The number of fused-ring (bicyclic) bond motifs is 2. The molecule has 6 saturated heterocycles. The van der Waals surface area contributed by atoms with E-state index in [1.807, 2.05) is 0 Å². The van der Waals surface area contributed by atoms with Gasteiger partial charge in [-0.15, -0.1) is 77.5 Å². The predicted molar refractivity (Wildman–Crippen MR) is 449 cm³/mol. The molecule has 11 aliphatic rings. The average molecular weight is 1740 g/mol. The zero-order valence-corrected chi connectivity index (χ0v) is 71.7. The fourth-order valence-corrected chi connectivity index (χ4v) is 19.3. The molecule has 28 nitrogen and oxygen atoms in total. The summed E-state index contributed by atoms with van der Waals surface area (Å²) in [6, 6.07) is 0. The third-order valence-electron chi connectivity index (χ3n) is 19.6. The summed E-state index contributed by atoms with van der Waals surface area (Å²) in [5, 5.41) is 85.4. The number of aliphatic hydroxyl groups excluding tert-OH is 6. The molecule has 11 aliphatic heterocycles. The second-order valence-electron chi connectivity index (χ2n) is 32.7. The van der Waals surface area contributed by atoms with Crippen molar-refractivity contribution in [3.05, 3.63) is 123 Å². The lowest BCUT2D eigenvalue weighted by Gasteiger charge is -2.38. The average Bonchev–Trinajstić information content (AvgIpc) is 1.58. The number of aliphatic hydroxyl groups is 7. The number of alkyl halides is 2. The molecule has 0 radical (unpaired) electrons. The first-order valence-electron chi connectivity index (χ1n) is 35.4. The Bertz CT molecular complexity index is 3710. The van der Waals surface area contributed by atoms with Crippen molar-refractivity contribution >= 4 is 130 Å². The topological polar surface area (TPSA) is 359 Å². The molecule has 0 saturated carbocycles. The number of hydrogen-bond donors (Lipinski definition) is 12. The number of amides is 5. The van der Waals surface area contributed by atoms with Gasteiger partial charge in [-0.25, -0.2) is 0 Å². The van der Waals surface area contributed by atoms with Gasteiger partial charge < -0.3 is 115 Å². The number of ether oxygens (including phenoxy) is 6. The van der Waals surface area contributed by atoms with E-state index in [4.69, 9.17) is 40.0 Å². The van der Waals surface area contributed by atoms with Crippen molar-refractivity contribution in [3.63, 3.8) is 0 Å². The van der Waals surface area contributed by atoms with E-state index in [1.165, 1.54) is 59.5 Å². The van der Waals surface area contributed by atoms with Crippen molar-refractivity contribution in [3.8, 4) is 0 Å². The van der Waals surface area contributed by atoms with Crippen LogP contribution >= 0.6 is 68.6 Å². The van der Waals surface area contributed by atoms with Crippen LogP contribution in [0.3, 0.4) is 0 Å². The van der Waals surface area contributed by atoms with E-state index in [9.17, 15) is 59.7 Å². The summed E-state index contributed by atoms with van der Waals surface area (Å²) in [6.07, 6.45) is 34.3. The second kappa shape index (κ2) is 36.1. The maximum atomic E-state index is 11.3. The quantitative estimate of drug-likeness (QED) is 0.0470. The molecule has 12 N–H and O–H groups in total. The molecule has 35 heteroatoms. The van der Waals surface area contributed by atoms with Gasteiger partial charge in [0.25, 0.3) is 29.5 Å². The van der Waals surface area contributed by atoms with Crippen LogP contribution in [0.1, 0.15) is 46.0 Å². The van der Waals surface area contributed by atoms with Gasteiger partial charge in [-0.3, -0.25) is 24.0 Å². The number of hydrogen-bond acceptors (Lipinski definition) is 23. The fourth-order valence-electron chi connectivity index (χ4n) is 13.1. The van der Waals surface area contributed by atoms with Crippen molar-refractivity contribution in [2.24, 2.45) is 0 Å². The summed E-state index contributed by atoms with van der Waals surface area (Å²) in [6.45, 7) is 38.1. The fraction of sp³-hybridized carbons (Fsp3) is 0.589. The van der Waals surface area contributed by atoms with Gasteiger partial charge in [0.15, 0.2) is 24.9 Å². The molecule has 0 aliphatic carbocycles. The van der Waals surface area contributed by atoms with Crippen molar-refractivity contribution < 1.29 is 88.1 Å². The van der Waals surface area contributed by atoms with Crippen LogP contribution in [-0.2, 0) is 52.4 Å². The van der Waals surface area contributed by atoms with Gasteiger partial charge in [-0.1, -0.05) is 55.5 Å². The van der Waals surface area contributed by atoms with Crippen LogP contribution in [0.25, 0.3) is 0 Å². The van der Waals surface area contributed by atoms with E-state index in [0.717, 1.165) is 50.1 Å². The summed E-state index contributed by atoms with van der Waals surface area (Å²) in [4.78, 5) is 64.6. The van der Waals surface area contributed by atoms with E-state index in [1.54, 1.807) is 40.2 Å². The first-order valence-corrected chi connectivity index (χ1v) is 52.3. The summed E-state index contributed by atoms with van der Waals surface area (Å²) < 4.78 is 35.6. The Morgan fingerprint density at radius 1 is 0.463 bits per heavy atom. The van der Waals surface area contributed by atoms with Crippen LogP contribution in [0.2, 0.25) is 0 Å². The third kappa shape index (κ3) is 23.7. The number of rotatable bonds is 20. The van der Waals surface area contributed by atoms with Crippen molar-refractivity contribution in [1.82, 2.24) is 51.1 Å². The lowest BCUT2D eigenvalue weighted by molar-refractivity contribution is -0.182. The van der Waals surface area contributed by atoms with Crippen molar-refractivity contribution in [1.29, 1.82) is 0 Å². The Kier molecular flexibility index (Phi) is 30.4. The van der Waals surface area contributed by atoms with Crippen LogP contribution in [0.5, 0.6) is 0 Å². The normalized spacial score (nSPS) is 35.3. The number of carbonyl (C=O) groups is 5. The van der Waals surface area contributed by atoms with Gasteiger partial charge >= 0.3 is 0 Å². The molecule has 5 unspecified atom stereocenters. The molecule has 606 valence electrons. The Morgan fingerprint density at radius 3 is 1.22 bits per heavy atom. The maximum Gasteiger partial charge on any atom is 0.250 e. The molecule has 11 heterocycles. The highest BCUT2D eigenvalue weighted by Gasteiger charge is 2.63. The predicted octanol–water partition coefficient (Wildman–Crippen LogP) is 3.62. The van der Waals surface area contributed by atoms with Gasteiger partial charge in [0.1, 0.15) is 88.5 Å². The molecule has 11 rings (SSSR count). The monoisotopic (exact) mass is 1740 g/mol. The molecular formula is C73H117ClIN10O18P5. The largest absolute Gasteiger partial charge is 0.389 e. The van der Waals surface area contributed by atoms with Crippen LogP contribution in [0.4, 0.5) is 0 Å². The van der Waals surface area contributed by atoms with Crippen LogP contribution in [0, 0.1) is 0 Å². The van der Waals surface area contributed by atoms with Crippen molar-refractivity contribution in [2.45, 2.75) is 164 Å². The Hall–Kier alpha value is -4.25. The van der Waals surface area contributed by atoms with Gasteiger partial charge in [-0.05, 0) is 143 Å². The number of carbonyl (C=O) groups excluding carboxylic acids is 5. The van der Waals surface area contributed by atoms with E-state index < -0.39 is 130 Å². The molecule has 0 spiro atoms. The maximum absolute atomic E-state index is 11.3. The van der Waals surface area contributed by atoms with Gasteiger partial charge in [0.2, 0.25) is 0 Å². The van der Waals surface area contributed by atoms with E-state index in [-0.39, 0.29) is 51.9 Å². The number of nitrogens with zero attached hydrogens (tertiary/aromatic N) is 5. The smallest absolute Gasteiger partial charge is 0.250 e. The number of halogens is 2. The highest BCUT2D eigenvalue weighted by Crippen LogP contribution is 2.50. The minimum Gasteiger partial charge on any atom is -0.389 e. The van der Waals surface area contributed by atoms with Crippen molar-refractivity contribution in [2.75, 3.05) is 104 Å². The molecule has 2 bridgehead atoms. The van der Waals surface area contributed by atoms with Crippen LogP contribution < -0.4 is 26.6 Å². The SMILES string of the molecule is C=C1NC(=O)C=CN1C1O[C@@]2(CCP(=C)(C)C)CO[C@@H]1[C@@H]2O.C=C1NC(=O)C=CN1C1O[C@H](CCP(=C)(C)C)[C@@H](O)[C@H]1Cl.C=C1NC(=O)C=CN1C1O[C@H](CCP(=C)(C)C)[C@@H](O)[C@H]1I.C=C1NC(=O)C=CN1C1O[C@H](CCP(=C)(C)C)[C@@H](O)[C@]1(C)O.C=C1NC(=O)C=CN1C1O[C@](C)(CCP(=C)(C)C)[C@@H](O)[C@H]1O. The molecule has 0 aromatic carbocycles. The second-order valence-corrected chi connectivity index (χ2v) is 56.2. The van der Waals surface area contributed by atoms with E-state index in [2.05, 4.69) is 180 Å². The summed E-state index contributed by atoms with van der Waals surface area (Å²) in [5.74, 6) is 0.739. The molecule has 5 amide bonds. The third-order valence-corrected chi connectivity index (χ3v) is 28.7. The molecule has 6 fully saturated rings. The summed E-state index contributed by atoms with van der Waals surface area (Å²) >= 11 is 8.50. The lowest BCUT2D eigenvalue weighted by atomic mass is 9.94. The Morgan fingerprint density at radius 2 is 0.815 bits per heavy atom. The minimum atomic E-state index is -1.47. The zero-order valence-electron chi connectivity index (χ0n) is 64.3.